The number of methoxy groups -OCH3 is 1. The molecule has 24 heavy (non-hydrogen) atoms. The van der Waals surface area contributed by atoms with Crippen molar-refractivity contribution in [2.75, 3.05) is 7.11 Å². The second-order valence-electron chi connectivity index (χ2n) is 7.25. The van der Waals surface area contributed by atoms with E-state index >= 15 is 0 Å². The van der Waals surface area contributed by atoms with E-state index in [1.54, 1.807) is 7.11 Å². The molecule has 0 radical (unpaired) electrons. The number of hydrogen-bond donors (Lipinski definition) is 0. The second-order valence-corrected chi connectivity index (χ2v) is 7.25. The van der Waals surface area contributed by atoms with E-state index in [2.05, 4.69) is 11.1 Å². The Kier molecular flexibility index (Phi) is 4.18. The standard InChI is InChI=1S/C19H24BNO3/c1-13-7-8-14(11-17(13)22-6)16-10-9-15(12-21-16)20-23-18(2,3)19(4,5)24-20/h7-12H,1-6H3. The maximum absolute atomic E-state index is 6.07. The lowest BCUT2D eigenvalue weighted by atomic mass is 9.80. The van der Waals surface area contributed by atoms with E-state index in [9.17, 15) is 0 Å². The number of benzene rings is 1. The SMILES string of the molecule is COc1cc(-c2ccc(B3OC(C)(C)C(C)(C)O3)cn2)ccc1C. The van der Waals surface area contributed by atoms with Crippen molar-refractivity contribution in [1.82, 2.24) is 4.98 Å². The minimum atomic E-state index is -0.385. The van der Waals surface area contributed by atoms with Crippen molar-refractivity contribution in [2.45, 2.75) is 45.8 Å². The largest absolute Gasteiger partial charge is 0.496 e. The normalized spacial score (nSPS) is 18.7. The van der Waals surface area contributed by atoms with Gasteiger partial charge in [-0.05, 0) is 52.3 Å². The molecule has 1 saturated heterocycles. The molecule has 0 N–H and O–H groups in total. The summed E-state index contributed by atoms with van der Waals surface area (Å²) in [5.41, 5.74) is 3.26. The molecule has 0 amide bonds. The van der Waals surface area contributed by atoms with Crippen LogP contribution in [0, 0.1) is 6.92 Å². The predicted octanol–water partition coefficient (Wildman–Crippen LogP) is 3.36. The summed E-state index contributed by atoms with van der Waals surface area (Å²) in [4.78, 5) is 4.58. The van der Waals surface area contributed by atoms with Crippen LogP contribution in [0.2, 0.25) is 0 Å². The van der Waals surface area contributed by atoms with Gasteiger partial charge in [0.25, 0.3) is 0 Å². The van der Waals surface area contributed by atoms with Crippen molar-refractivity contribution in [1.29, 1.82) is 0 Å². The summed E-state index contributed by atoms with van der Waals surface area (Å²) in [5.74, 6) is 0.865. The molecule has 3 rings (SSSR count). The van der Waals surface area contributed by atoms with Crippen molar-refractivity contribution in [3.8, 4) is 17.0 Å². The van der Waals surface area contributed by atoms with Gasteiger partial charge in [-0.25, -0.2) is 0 Å². The smallest absolute Gasteiger partial charge is 0.496 e. The summed E-state index contributed by atoms with van der Waals surface area (Å²) in [6.45, 7) is 10.2. The number of ether oxygens (including phenoxy) is 1. The summed E-state index contributed by atoms with van der Waals surface area (Å²) in [6.07, 6.45) is 1.82. The molecular weight excluding hydrogens is 301 g/mol. The molecule has 2 aromatic rings. The van der Waals surface area contributed by atoms with Crippen LogP contribution in [0.3, 0.4) is 0 Å². The molecule has 1 aliphatic heterocycles. The van der Waals surface area contributed by atoms with Crippen molar-refractivity contribution >= 4 is 12.6 Å². The zero-order valence-electron chi connectivity index (χ0n) is 15.2. The van der Waals surface area contributed by atoms with Crippen LogP contribution in [0.25, 0.3) is 11.3 Å². The molecule has 1 aromatic heterocycles. The van der Waals surface area contributed by atoms with Crippen LogP contribution >= 0.6 is 0 Å². The number of aryl methyl sites for hydroxylation is 1. The van der Waals surface area contributed by atoms with Crippen LogP contribution in [-0.2, 0) is 9.31 Å². The quantitative estimate of drug-likeness (QED) is 0.812. The lowest BCUT2D eigenvalue weighted by Gasteiger charge is -2.32. The van der Waals surface area contributed by atoms with Crippen molar-refractivity contribution in [3.05, 3.63) is 42.1 Å². The summed E-state index contributed by atoms with van der Waals surface area (Å²) in [6, 6.07) is 10.1. The zero-order chi connectivity index (χ0) is 17.5. The maximum atomic E-state index is 6.07. The third-order valence-corrected chi connectivity index (χ3v) is 5.02. The van der Waals surface area contributed by atoms with Gasteiger partial charge in [0, 0.05) is 17.2 Å². The zero-order valence-corrected chi connectivity index (χ0v) is 15.2. The molecule has 0 spiro atoms. The Hall–Kier alpha value is -1.85. The summed E-state index contributed by atoms with van der Waals surface area (Å²) in [5, 5.41) is 0. The van der Waals surface area contributed by atoms with Gasteiger partial charge < -0.3 is 14.0 Å². The van der Waals surface area contributed by atoms with Gasteiger partial charge in [-0.2, -0.15) is 0 Å². The van der Waals surface area contributed by atoms with Gasteiger partial charge in [0.05, 0.1) is 24.0 Å². The third-order valence-electron chi connectivity index (χ3n) is 5.02. The van der Waals surface area contributed by atoms with Gasteiger partial charge in [-0.3, -0.25) is 4.98 Å². The molecule has 0 saturated carbocycles. The van der Waals surface area contributed by atoms with E-state index in [0.29, 0.717) is 0 Å². The topological polar surface area (TPSA) is 40.6 Å². The molecule has 0 atom stereocenters. The molecule has 2 heterocycles. The highest BCUT2D eigenvalue weighted by Gasteiger charge is 2.51. The summed E-state index contributed by atoms with van der Waals surface area (Å²) >= 11 is 0. The minimum absolute atomic E-state index is 0.347. The van der Waals surface area contributed by atoms with E-state index in [-0.39, 0.29) is 18.3 Å². The summed E-state index contributed by atoms with van der Waals surface area (Å²) < 4.78 is 17.5. The molecule has 4 nitrogen and oxygen atoms in total. The van der Waals surface area contributed by atoms with Crippen LogP contribution in [-0.4, -0.2) is 30.4 Å². The fraction of sp³-hybridized carbons (Fsp3) is 0.421. The molecule has 1 fully saturated rings. The molecule has 0 bridgehead atoms. The molecule has 1 aliphatic rings. The van der Waals surface area contributed by atoms with Crippen LogP contribution in [0.5, 0.6) is 5.75 Å². The first kappa shape index (κ1) is 17.0. The Labute approximate surface area is 144 Å². The first-order valence-electron chi connectivity index (χ1n) is 8.20. The van der Waals surface area contributed by atoms with E-state index in [1.165, 1.54) is 0 Å². The lowest BCUT2D eigenvalue weighted by molar-refractivity contribution is 0.00578. The Morgan fingerprint density at radius 1 is 1.00 bits per heavy atom. The Bertz CT molecular complexity index is 725. The van der Waals surface area contributed by atoms with E-state index in [1.807, 2.05) is 65.1 Å². The van der Waals surface area contributed by atoms with E-state index in [4.69, 9.17) is 14.0 Å². The maximum Gasteiger partial charge on any atom is 0.496 e. The summed E-state index contributed by atoms with van der Waals surface area (Å²) in [7, 11) is 1.30. The van der Waals surface area contributed by atoms with E-state index in [0.717, 1.165) is 28.0 Å². The van der Waals surface area contributed by atoms with Crippen LogP contribution < -0.4 is 10.2 Å². The van der Waals surface area contributed by atoms with Gasteiger partial charge in [0.15, 0.2) is 0 Å². The number of pyridine rings is 1. The second kappa shape index (κ2) is 5.90. The third kappa shape index (κ3) is 2.94. The average Bonchev–Trinajstić information content (AvgIpc) is 2.76. The van der Waals surface area contributed by atoms with Gasteiger partial charge >= 0.3 is 7.12 Å². The highest BCUT2D eigenvalue weighted by atomic mass is 16.7. The molecular formula is C19H24BNO3. The fourth-order valence-electron chi connectivity index (χ4n) is 2.67. The van der Waals surface area contributed by atoms with Gasteiger partial charge in [0.1, 0.15) is 5.75 Å². The first-order valence-corrected chi connectivity index (χ1v) is 8.20. The number of rotatable bonds is 3. The highest BCUT2D eigenvalue weighted by molar-refractivity contribution is 6.62. The van der Waals surface area contributed by atoms with Crippen molar-refractivity contribution < 1.29 is 14.0 Å². The van der Waals surface area contributed by atoms with Crippen molar-refractivity contribution in [3.63, 3.8) is 0 Å². The molecule has 0 unspecified atom stereocenters. The number of nitrogens with zero attached hydrogens (tertiary/aromatic N) is 1. The number of aromatic nitrogens is 1. The number of hydrogen-bond acceptors (Lipinski definition) is 4. The average molecular weight is 325 g/mol. The monoisotopic (exact) mass is 325 g/mol. The molecule has 5 heteroatoms. The first-order chi connectivity index (χ1) is 11.2. The predicted molar refractivity (Wildman–Crippen MR) is 96.7 cm³/mol. The minimum Gasteiger partial charge on any atom is -0.496 e. The van der Waals surface area contributed by atoms with Crippen LogP contribution in [0.4, 0.5) is 0 Å². The van der Waals surface area contributed by atoms with Gasteiger partial charge in [-0.1, -0.05) is 18.2 Å². The van der Waals surface area contributed by atoms with Gasteiger partial charge in [0.2, 0.25) is 0 Å². The van der Waals surface area contributed by atoms with Crippen molar-refractivity contribution in [2.24, 2.45) is 0 Å². The van der Waals surface area contributed by atoms with E-state index < -0.39 is 0 Å². The van der Waals surface area contributed by atoms with Crippen LogP contribution in [0.15, 0.2) is 36.5 Å². The van der Waals surface area contributed by atoms with Gasteiger partial charge in [-0.15, -0.1) is 0 Å². The Morgan fingerprint density at radius 3 is 2.21 bits per heavy atom. The fourth-order valence-corrected chi connectivity index (χ4v) is 2.67. The highest BCUT2D eigenvalue weighted by Crippen LogP contribution is 2.36. The Balaban J connectivity index is 1.84. The molecule has 0 aliphatic carbocycles. The van der Waals surface area contributed by atoms with Crippen LogP contribution in [0.1, 0.15) is 33.3 Å². The lowest BCUT2D eigenvalue weighted by Crippen LogP contribution is -2.41. The molecule has 126 valence electrons. The Morgan fingerprint density at radius 2 is 1.67 bits per heavy atom. The molecule has 1 aromatic carbocycles.